The molecule has 1 heterocycles. The number of nitrogens with zero attached hydrogens (tertiary/aromatic N) is 3. The summed E-state index contributed by atoms with van der Waals surface area (Å²) < 4.78 is 1.92. The molecule has 1 aromatic rings. The largest absolute Gasteiger partial charge is 0.395 e. The molecule has 1 amide bonds. The molecule has 1 unspecified atom stereocenters. The fourth-order valence-electron chi connectivity index (χ4n) is 2.84. The van der Waals surface area contributed by atoms with Gasteiger partial charge in [-0.2, -0.15) is 5.10 Å². The van der Waals surface area contributed by atoms with E-state index in [9.17, 15) is 4.79 Å². The second kappa shape index (κ2) is 6.15. The summed E-state index contributed by atoms with van der Waals surface area (Å²) in [7, 11) is 0. The Balaban J connectivity index is 1.58. The van der Waals surface area contributed by atoms with Gasteiger partial charge in [0, 0.05) is 18.7 Å². The molecule has 0 aromatic carbocycles. The first-order chi connectivity index (χ1) is 10.2. The lowest BCUT2D eigenvalue weighted by Gasteiger charge is -2.21. The summed E-state index contributed by atoms with van der Waals surface area (Å²) in [6, 6.07) is 2.66. The first-order valence-corrected chi connectivity index (χ1v) is 7.87. The van der Waals surface area contributed by atoms with Crippen molar-refractivity contribution in [2.75, 3.05) is 25.0 Å². The highest BCUT2D eigenvalue weighted by molar-refractivity contribution is 5.91. The van der Waals surface area contributed by atoms with E-state index in [0.717, 1.165) is 18.7 Å². The molecule has 6 heteroatoms. The van der Waals surface area contributed by atoms with Gasteiger partial charge in [0.1, 0.15) is 5.82 Å². The fraction of sp³-hybridized carbons (Fsp3) is 0.733. The molecule has 116 valence electrons. The van der Waals surface area contributed by atoms with Crippen molar-refractivity contribution in [3.05, 3.63) is 12.3 Å². The molecule has 2 N–H and O–H groups in total. The van der Waals surface area contributed by atoms with Crippen LogP contribution in [0.25, 0.3) is 0 Å². The molecular weight excluding hydrogens is 268 g/mol. The molecule has 2 saturated carbocycles. The van der Waals surface area contributed by atoms with Crippen LogP contribution >= 0.6 is 0 Å². The second-order valence-corrected chi connectivity index (χ2v) is 6.21. The zero-order valence-corrected chi connectivity index (χ0v) is 12.5. The van der Waals surface area contributed by atoms with E-state index in [4.69, 9.17) is 5.11 Å². The van der Waals surface area contributed by atoms with Gasteiger partial charge in [0.25, 0.3) is 0 Å². The topological polar surface area (TPSA) is 70.4 Å². The summed E-state index contributed by atoms with van der Waals surface area (Å²) in [5, 5.41) is 16.4. The Labute approximate surface area is 125 Å². The number of aliphatic hydroxyl groups is 1. The van der Waals surface area contributed by atoms with Crippen LogP contribution in [-0.2, 0) is 4.79 Å². The van der Waals surface area contributed by atoms with Crippen LogP contribution in [0.15, 0.2) is 12.3 Å². The van der Waals surface area contributed by atoms with Crippen molar-refractivity contribution in [2.24, 2.45) is 5.92 Å². The van der Waals surface area contributed by atoms with Crippen LogP contribution in [0.2, 0.25) is 0 Å². The second-order valence-electron chi connectivity index (χ2n) is 6.21. The highest BCUT2D eigenvalue weighted by Gasteiger charge is 2.32. The number of rotatable bonds is 8. The number of carbonyl (C=O) groups excluding carboxylic acids is 1. The number of anilines is 1. The predicted octanol–water partition coefficient (Wildman–Crippen LogP) is 1.25. The van der Waals surface area contributed by atoms with Crippen LogP contribution in [0, 0.1) is 5.92 Å². The molecule has 2 fully saturated rings. The molecule has 3 rings (SSSR count). The van der Waals surface area contributed by atoms with Crippen molar-refractivity contribution in [1.29, 1.82) is 0 Å². The van der Waals surface area contributed by atoms with Gasteiger partial charge in [0.15, 0.2) is 0 Å². The number of hydrogen-bond donors (Lipinski definition) is 2. The van der Waals surface area contributed by atoms with Gasteiger partial charge in [-0.3, -0.25) is 9.69 Å². The SMILES string of the molecule is CC(C1CC1)n1nccc1NC(=O)CN(CCO)C1CC1. The molecule has 0 spiro atoms. The number of aliphatic hydroxyl groups excluding tert-OH is 1. The average Bonchev–Trinajstić information content (AvgIpc) is 3.35. The molecule has 0 bridgehead atoms. The maximum atomic E-state index is 12.2. The van der Waals surface area contributed by atoms with Gasteiger partial charge in [-0.15, -0.1) is 0 Å². The molecule has 1 aromatic heterocycles. The first kappa shape index (κ1) is 14.5. The summed E-state index contributed by atoms with van der Waals surface area (Å²) in [5.41, 5.74) is 0. The Hall–Kier alpha value is -1.40. The quantitative estimate of drug-likeness (QED) is 0.756. The highest BCUT2D eigenvalue weighted by atomic mass is 16.3. The molecule has 1 atom stereocenters. The van der Waals surface area contributed by atoms with Crippen molar-refractivity contribution in [1.82, 2.24) is 14.7 Å². The lowest BCUT2D eigenvalue weighted by atomic mass is 10.2. The normalized spacial score (nSPS) is 19.8. The number of aromatic nitrogens is 2. The van der Waals surface area contributed by atoms with Gasteiger partial charge in [0.2, 0.25) is 5.91 Å². The third kappa shape index (κ3) is 3.63. The predicted molar refractivity (Wildman–Crippen MR) is 80.0 cm³/mol. The number of carbonyl (C=O) groups is 1. The average molecular weight is 292 g/mol. The van der Waals surface area contributed by atoms with Crippen molar-refractivity contribution >= 4 is 11.7 Å². The fourth-order valence-corrected chi connectivity index (χ4v) is 2.84. The Morgan fingerprint density at radius 2 is 2.29 bits per heavy atom. The van der Waals surface area contributed by atoms with Crippen molar-refractivity contribution in [3.63, 3.8) is 0 Å². The van der Waals surface area contributed by atoms with Crippen LogP contribution in [-0.4, -0.2) is 51.4 Å². The molecule has 0 saturated heterocycles. The van der Waals surface area contributed by atoms with Gasteiger partial charge >= 0.3 is 0 Å². The van der Waals surface area contributed by atoms with Crippen LogP contribution in [0.1, 0.15) is 38.6 Å². The van der Waals surface area contributed by atoms with Crippen molar-refractivity contribution in [3.8, 4) is 0 Å². The third-order valence-corrected chi connectivity index (χ3v) is 4.42. The highest BCUT2D eigenvalue weighted by Crippen LogP contribution is 2.40. The van der Waals surface area contributed by atoms with E-state index >= 15 is 0 Å². The van der Waals surface area contributed by atoms with Gasteiger partial charge in [-0.05, 0) is 38.5 Å². The van der Waals surface area contributed by atoms with Crippen LogP contribution in [0.4, 0.5) is 5.82 Å². The zero-order chi connectivity index (χ0) is 14.8. The summed E-state index contributed by atoms with van der Waals surface area (Å²) in [5.74, 6) is 1.44. The molecule has 21 heavy (non-hydrogen) atoms. The number of hydrogen-bond acceptors (Lipinski definition) is 4. The molecule has 2 aliphatic carbocycles. The van der Waals surface area contributed by atoms with E-state index in [1.807, 2.05) is 10.7 Å². The van der Waals surface area contributed by atoms with E-state index in [-0.39, 0.29) is 12.5 Å². The molecular formula is C15H24N4O2. The molecule has 0 aliphatic heterocycles. The van der Waals surface area contributed by atoms with E-state index in [0.29, 0.717) is 31.1 Å². The maximum absolute atomic E-state index is 12.2. The van der Waals surface area contributed by atoms with E-state index < -0.39 is 0 Å². The lowest BCUT2D eigenvalue weighted by molar-refractivity contribution is -0.117. The number of amides is 1. The van der Waals surface area contributed by atoms with Gasteiger partial charge < -0.3 is 10.4 Å². The van der Waals surface area contributed by atoms with Crippen molar-refractivity contribution < 1.29 is 9.90 Å². The smallest absolute Gasteiger partial charge is 0.239 e. The number of nitrogens with one attached hydrogen (secondary N) is 1. The lowest BCUT2D eigenvalue weighted by Crippen LogP contribution is -2.37. The van der Waals surface area contributed by atoms with Gasteiger partial charge in [0.05, 0.1) is 25.4 Å². The summed E-state index contributed by atoms with van der Waals surface area (Å²) in [6.45, 7) is 3.16. The summed E-state index contributed by atoms with van der Waals surface area (Å²) >= 11 is 0. The Morgan fingerprint density at radius 3 is 2.90 bits per heavy atom. The standard InChI is InChI=1S/C15H24N4O2/c1-11(12-2-3-12)19-14(6-7-16-19)17-15(21)10-18(8-9-20)13-4-5-13/h6-7,11-13,20H,2-5,8-10H2,1H3,(H,17,21). The molecule has 0 radical (unpaired) electrons. The monoisotopic (exact) mass is 292 g/mol. The maximum Gasteiger partial charge on any atom is 0.239 e. The molecule has 6 nitrogen and oxygen atoms in total. The Kier molecular flexibility index (Phi) is 4.26. The third-order valence-electron chi connectivity index (χ3n) is 4.42. The summed E-state index contributed by atoms with van der Waals surface area (Å²) in [4.78, 5) is 14.3. The summed E-state index contributed by atoms with van der Waals surface area (Å²) in [6.07, 6.45) is 6.50. The Bertz CT molecular complexity index is 494. The van der Waals surface area contributed by atoms with Crippen LogP contribution in [0.5, 0.6) is 0 Å². The zero-order valence-electron chi connectivity index (χ0n) is 12.5. The van der Waals surface area contributed by atoms with E-state index in [1.54, 1.807) is 6.20 Å². The van der Waals surface area contributed by atoms with Gasteiger partial charge in [-0.1, -0.05) is 0 Å². The molecule has 2 aliphatic rings. The van der Waals surface area contributed by atoms with E-state index in [2.05, 4.69) is 22.2 Å². The minimum absolute atomic E-state index is 0.0277. The van der Waals surface area contributed by atoms with Gasteiger partial charge in [-0.25, -0.2) is 4.68 Å². The van der Waals surface area contributed by atoms with Crippen molar-refractivity contribution in [2.45, 2.75) is 44.7 Å². The Morgan fingerprint density at radius 1 is 1.52 bits per heavy atom. The minimum Gasteiger partial charge on any atom is -0.395 e. The van der Waals surface area contributed by atoms with Crippen LogP contribution in [0.3, 0.4) is 0 Å². The van der Waals surface area contributed by atoms with Crippen LogP contribution < -0.4 is 5.32 Å². The minimum atomic E-state index is -0.0277. The first-order valence-electron chi connectivity index (χ1n) is 7.87. The van der Waals surface area contributed by atoms with E-state index in [1.165, 1.54) is 12.8 Å².